The van der Waals surface area contributed by atoms with Crippen molar-refractivity contribution >= 4 is 11.9 Å². The molecule has 1 unspecified atom stereocenters. The molecule has 1 fully saturated rings. The third-order valence-corrected chi connectivity index (χ3v) is 5.80. The van der Waals surface area contributed by atoms with E-state index in [1.807, 2.05) is 26.8 Å². The zero-order chi connectivity index (χ0) is 21.9. The second kappa shape index (κ2) is 8.82. The van der Waals surface area contributed by atoms with Gasteiger partial charge in [-0.25, -0.2) is 4.79 Å². The molecule has 0 bridgehead atoms. The van der Waals surface area contributed by atoms with Crippen molar-refractivity contribution in [3.05, 3.63) is 47.1 Å². The van der Waals surface area contributed by atoms with E-state index >= 15 is 0 Å². The van der Waals surface area contributed by atoms with Gasteiger partial charge in [-0.05, 0) is 62.2 Å². The van der Waals surface area contributed by atoms with Gasteiger partial charge in [-0.2, -0.15) is 5.26 Å². The zero-order valence-corrected chi connectivity index (χ0v) is 18.2. The van der Waals surface area contributed by atoms with Crippen LogP contribution < -0.4 is 0 Å². The van der Waals surface area contributed by atoms with Crippen LogP contribution in [-0.2, 0) is 19.1 Å². The van der Waals surface area contributed by atoms with E-state index in [1.54, 1.807) is 6.08 Å². The van der Waals surface area contributed by atoms with Crippen molar-refractivity contribution < 1.29 is 19.1 Å². The normalized spacial score (nSPS) is 27.1. The van der Waals surface area contributed by atoms with Crippen LogP contribution in [0.2, 0.25) is 0 Å². The van der Waals surface area contributed by atoms with Gasteiger partial charge in [0.1, 0.15) is 12.2 Å². The second-order valence-electron chi connectivity index (χ2n) is 8.73. The van der Waals surface area contributed by atoms with Crippen LogP contribution in [0.5, 0.6) is 0 Å². The number of carbonyl (C=O) groups excluding carboxylic acids is 2. The van der Waals surface area contributed by atoms with Crippen LogP contribution in [0.4, 0.5) is 0 Å². The Bertz CT molecular complexity index is 833. The fourth-order valence-corrected chi connectivity index (χ4v) is 4.02. The Hall–Kier alpha value is -2.61. The summed E-state index contributed by atoms with van der Waals surface area (Å²) in [5.74, 6) is -0.720. The Morgan fingerprint density at radius 1 is 1.38 bits per heavy atom. The van der Waals surface area contributed by atoms with E-state index in [1.165, 1.54) is 18.6 Å². The quantitative estimate of drug-likeness (QED) is 0.350. The highest BCUT2D eigenvalue weighted by Gasteiger charge is 2.61. The molecule has 0 aromatic heterocycles. The average Bonchev–Trinajstić information content (AvgIpc) is 3.04. The SMILES string of the molecule is C=CCC1=C(C)[C@H](OC(=O)[C@@H]2[C@@H](C=C(C)C)C2(C)C)CC1=CC(=O)OC(C)C#N. The Kier molecular flexibility index (Phi) is 6.89. The van der Waals surface area contributed by atoms with Crippen LogP contribution in [0.3, 0.4) is 0 Å². The molecule has 29 heavy (non-hydrogen) atoms. The van der Waals surface area contributed by atoms with Gasteiger partial charge in [-0.1, -0.05) is 31.6 Å². The summed E-state index contributed by atoms with van der Waals surface area (Å²) in [6, 6.07) is 1.87. The number of allylic oxidation sites excluding steroid dienone is 4. The monoisotopic (exact) mass is 397 g/mol. The third-order valence-electron chi connectivity index (χ3n) is 5.80. The lowest BCUT2D eigenvalue weighted by atomic mass is 10.0. The number of esters is 2. The summed E-state index contributed by atoms with van der Waals surface area (Å²) >= 11 is 0. The van der Waals surface area contributed by atoms with Gasteiger partial charge in [0.15, 0.2) is 6.10 Å². The topological polar surface area (TPSA) is 76.4 Å². The van der Waals surface area contributed by atoms with E-state index in [4.69, 9.17) is 14.7 Å². The first kappa shape index (κ1) is 22.7. The third kappa shape index (κ3) is 5.06. The summed E-state index contributed by atoms with van der Waals surface area (Å²) in [4.78, 5) is 24.9. The predicted molar refractivity (Wildman–Crippen MR) is 111 cm³/mol. The van der Waals surface area contributed by atoms with Gasteiger partial charge in [0.25, 0.3) is 0 Å². The van der Waals surface area contributed by atoms with Crippen LogP contribution in [0.1, 0.15) is 54.4 Å². The molecule has 0 amide bonds. The summed E-state index contributed by atoms with van der Waals surface area (Å²) < 4.78 is 10.9. The van der Waals surface area contributed by atoms with E-state index in [0.29, 0.717) is 12.8 Å². The number of nitrogens with zero attached hydrogens (tertiary/aromatic N) is 1. The Balaban J connectivity index is 2.16. The zero-order valence-electron chi connectivity index (χ0n) is 18.2. The van der Waals surface area contributed by atoms with Crippen molar-refractivity contribution in [3.63, 3.8) is 0 Å². The van der Waals surface area contributed by atoms with Crippen LogP contribution in [0.25, 0.3) is 0 Å². The summed E-state index contributed by atoms with van der Waals surface area (Å²) in [6.07, 6.45) is 5.09. The molecule has 0 heterocycles. The van der Waals surface area contributed by atoms with Crippen molar-refractivity contribution in [2.24, 2.45) is 17.3 Å². The predicted octanol–water partition coefficient (Wildman–Crippen LogP) is 4.81. The Labute approximate surface area is 173 Å². The molecule has 5 heteroatoms. The van der Waals surface area contributed by atoms with Crippen molar-refractivity contribution in [3.8, 4) is 6.07 Å². The van der Waals surface area contributed by atoms with Gasteiger partial charge in [0, 0.05) is 12.5 Å². The first-order valence-electron chi connectivity index (χ1n) is 10.00. The molecule has 2 aliphatic carbocycles. The molecule has 0 aromatic rings. The fourth-order valence-electron chi connectivity index (χ4n) is 4.02. The first-order chi connectivity index (χ1) is 13.5. The molecule has 0 spiro atoms. The smallest absolute Gasteiger partial charge is 0.332 e. The minimum Gasteiger partial charge on any atom is -0.457 e. The fraction of sp³-hybridized carbons (Fsp3) is 0.542. The minimum absolute atomic E-state index is 0.107. The van der Waals surface area contributed by atoms with E-state index in [2.05, 4.69) is 26.5 Å². The van der Waals surface area contributed by atoms with Gasteiger partial charge >= 0.3 is 11.9 Å². The number of rotatable bonds is 7. The number of nitriles is 1. The van der Waals surface area contributed by atoms with Crippen molar-refractivity contribution in [1.82, 2.24) is 0 Å². The molecular formula is C24H31NO4. The molecule has 0 saturated heterocycles. The molecule has 0 N–H and O–H groups in total. The number of carbonyl (C=O) groups is 2. The summed E-state index contributed by atoms with van der Waals surface area (Å²) in [5.41, 5.74) is 3.73. The van der Waals surface area contributed by atoms with Gasteiger partial charge in [0.05, 0.1) is 5.92 Å². The Morgan fingerprint density at radius 3 is 2.59 bits per heavy atom. The first-order valence-corrected chi connectivity index (χ1v) is 10.00. The lowest BCUT2D eigenvalue weighted by Gasteiger charge is -2.14. The molecule has 4 atom stereocenters. The van der Waals surface area contributed by atoms with E-state index < -0.39 is 18.2 Å². The summed E-state index contributed by atoms with van der Waals surface area (Å²) in [5, 5.41) is 8.81. The minimum atomic E-state index is -0.814. The average molecular weight is 398 g/mol. The highest BCUT2D eigenvalue weighted by atomic mass is 16.5. The van der Waals surface area contributed by atoms with Crippen molar-refractivity contribution in [2.45, 2.75) is 66.6 Å². The van der Waals surface area contributed by atoms with Crippen molar-refractivity contribution in [1.29, 1.82) is 5.26 Å². The van der Waals surface area contributed by atoms with E-state index in [0.717, 1.165) is 16.7 Å². The lowest BCUT2D eigenvalue weighted by Crippen LogP contribution is -2.20. The van der Waals surface area contributed by atoms with Gasteiger partial charge in [-0.15, -0.1) is 6.58 Å². The number of hydrogen-bond acceptors (Lipinski definition) is 5. The second-order valence-corrected chi connectivity index (χ2v) is 8.73. The van der Waals surface area contributed by atoms with E-state index in [9.17, 15) is 9.59 Å². The standard InChI is InChI=1S/C24H31NO4/c1-8-9-18-16(5)20(11-17(18)12-21(26)28-15(4)13-25)29-23(27)22-19(10-14(2)3)24(22,6)7/h8,10,12,15,19-20,22H,1,9,11H2,2-7H3/t15?,19-,20-,22+/m1/s1. The summed E-state index contributed by atoms with van der Waals surface area (Å²) in [6.45, 7) is 15.5. The van der Waals surface area contributed by atoms with Crippen LogP contribution >= 0.6 is 0 Å². The maximum absolute atomic E-state index is 12.9. The molecule has 2 rings (SSSR count). The highest BCUT2D eigenvalue weighted by Crippen LogP contribution is 2.60. The highest BCUT2D eigenvalue weighted by molar-refractivity contribution is 5.85. The molecular weight excluding hydrogens is 366 g/mol. The van der Waals surface area contributed by atoms with Crippen molar-refractivity contribution in [2.75, 3.05) is 0 Å². The van der Waals surface area contributed by atoms with Crippen LogP contribution in [0.15, 0.2) is 47.1 Å². The Morgan fingerprint density at radius 2 is 2.03 bits per heavy atom. The van der Waals surface area contributed by atoms with Gasteiger partial charge in [0.2, 0.25) is 0 Å². The molecule has 156 valence electrons. The van der Waals surface area contributed by atoms with Crippen LogP contribution in [0, 0.1) is 28.6 Å². The molecule has 0 radical (unpaired) electrons. The van der Waals surface area contributed by atoms with Gasteiger partial charge < -0.3 is 9.47 Å². The lowest BCUT2D eigenvalue weighted by molar-refractivity contribution is -0.149. The molecule has 0 aliphatic heterocycles. The molecule has 5 nitrogen and oxygen atoms in total. The number of ether oxygens (including phenoxy) is 2. The van der Waals surface area contributed by atoms with Gasteiger partial charge in [-0.3, -0.25) is 4.79 Å². The van der Waals surface area contributed by atoms with Crippen LogP contribution in [-0.4, -0.2) is 24.1 Å². The maximum Gasteiger partial charge on any atom is 0.332 e. The maximum atomic E-state index is 12.9. The summed E-state index contributed by atoms with van der Waals surface area (Å²) in [7, 11) is 0. The molecule has 2 aliphatic rings. The molecule has 1 saturated carbocycles. The largest absolute Gasteiger partial charge is 0.457 e. The molecule has 0 aromatic carbocycles. The van der Waals surface area contributed by atoms with E-state index in [-0.39, 0.29) is 23.2 Å². The number of hydrogen-bond donors (Lipinski definition) is 0.